The molecule has 0 spiro atoms. The second kappa shape index (κ2) is 2.65. The van der Waals surface area contributed by atoms with Crippen LogP contribution in [-0.2, 0) is 19.3 Å². The summed E-state index contributed by atoms with van der Waals surface area (Å²) in [5.41, 5.74) is 4.21. The molecule has 0 radical (unpaired) electrons. The van der Waals surface area contributed by atoms with Crippen LogP contribution >= 0.6 is 0 Å². The molecule has 0 N–H and O–H groups in total. The first-order chi connectivity index (χ1) is 5.40. The zero-order valence-electron chi connectivity index (χ0n) is 6.93. The van der Waals surface area contributed by atoms with E-state index in [0.29, 0.717) is 0 Å². The van der Waals surface area contributed by atoms with Crippen LogP contribution in [0.2, 0.25) is 0 Å². The van der Waals surface area contributed by atoms with Crippen molar-refractivity contribution in [2.75, 3.05) is 0 Å². The number of hydrogen-bond acceptors (Lipinski definition) is 1. The van der Waals surface area contributed by atoms with Crippen LogP contribution in [0.15, 0.2) is 12.3 Å². The molecule has 0 amide bonds. The molecule has 1 nitrogen and oxygen atoms in total. The molecule has 0 unspecified atom stereocenters. The molecule has 11 heavy (non-hydrogen) atoms. The van der Waals surface area contributed by atoms with Crippen LogP contribution in [0.4, 0.5) is 0 Å². The smallest absolute Gasteiger partial charge is 0.0435 e. The molecule has 0 saturated heterocycles. The minimum atomic E-state index is 1.11. The van der Waals surface area contributed by atoms with Crippen molar-refractivity contribution < 1.29 is 0 Å². The molecule has 1 aromatic heterocycles. The van der Waals surface area contributed by atoms with Gasteiger partial charge in [-0.2, -0.15) is 0 Å². The van der Waals surface area contributed by atoms with Crippen LogP contribution in [0.3, 0.4) is 0 Å². The predicted octanol–water partition coefficient (Wildman–Crippen LogP) is 2.13. The van der Waals surface area contributed by atoms with Gasteiger partial charge in [-0.05, 0) is 36.8 Å². The Balaban J connectivity index is 2.41. The first kappa shape index (κ1) is 6.84. The molecular formula is C10H13N. The Morgan fingerprint density at radius 3 is 3.18 bits per heavy atom. The summed E-state index contributed by atoms with van der Waals surface area (Å²) in [6, 6.07) is 2.31. The predicted molar refractivity (Wildman–Crippen MR) is 45.6 cm³/mol. The number of pyridine rings is 1. The molecule has 0 fully saturated rings. The standard InChI is InChI=1S/C10H13N/c1-2-8-6-9-4-3-5-10(9)11-7-8/h6-7H,2-5H2,1H3. The van der Waals surface area contributed by atoms with Gasteiger partial charge in [-0.25, -0.2) is 0 Å². The summed E-state index contributed by atoms with van der Waals surface area (Å²) in [4.78, 5) is 4.43. The minimum absolute atomic E-state index is 1.11. The Morgan fingerprint density at radius 2 is 2.36 bits per heavy atom. The Labute approximate surface area is 67.5 Å². The van der Waals surface area contributed by atoms with Crippen molar-refractivity contribution in [3.63, 3.8) is 0 Å². The Morgan fingerprint density at radius 1 is 1.45 bits per heavy atom. The fourth-order valence-electron chi connectivity index (χ4n) is 1.67. The van der Waals surface area contributed by atoms with Crippen LogP contribution in [0.5, 0.6) is 0 Å². The third-order valence-corrected chi connectivity index (χ3v) is 2.38. The van der Waals surface area contributed by atoms with Gasteiger partial charge >= 0.3 is 0 Å². The topological polar surface area (TPSA) is 12.9 Å². The minimum Gasteiger partial charge on any atom is -0.261 e. The van der Waals surface area contributed by atoms with Gasteiger partial charge < -0.3 is 0 Å². The molecule has 0 bridgehead atoms. The lowest BCUT2D eigenvalue weighted by molar-refractivity contribution is 0.899. The summed E-state index contributed by atoms with van der Waals surface area (Å²) in [6.07, 6.45) is 6.87. The van der Waals surface area contributed by atoms with E-state index in [2.05, 4.69) is 18.0 Å². The van der Waals surface area contributed by atoms with Gasteiger partial charge in [-0.1, -0.05) is 13.0 Å². The van der Waals surface area contributed by atoms with Gasteiger partial charge in [-0.15, -0.1) is 0 Å². The summed E-state index contributed by atoms with van der Waals surface area (Å²) < 4.78 is 0. The quantitative estimate of drug-likeness (QED) is 0.593. The van der Waals surface area contributed by atoms with Crippen molar-refractivity contribution in [1.82, 2.24) is 4.98 Å². The first-order valence-corrected chi connectivity index (χ1v) is 4.37. The zero-order valence-corrected chi connectivity index (χ0v) is 6.93. The van der Waals surface area contributed by atoms with E-state index >= 15 is 0 Å². The normalized spacial score (nSPS) is 15.0. The monoisotopic (exact) mass is 147 g/mol. The summed E-state index contributed by atoms with van der Waals surface area (Å²) in [5, 5.41) is 0. The lowest BCUT2D eigenvalue weighted by atomic mass is 10.1. The van der Waals surface area contributed by atoms with Crippen LogP contribution in [0.25, 0.3) is 0 Å². The van der Waals surface area contributed by atoms with E-state index in [-0.39, 0.29) is 0 Å². The molecule has 1 aromatic rings. The van der Waals surface area contributed by atoms with Crippen molar-refractivity contribution in [2.45, 2.75) is 32.6 Å². The van der Waals surface area contributed by atoms with Crippen LogP contribution in [0, 0.1) is 0 Å². The van der Waals surface area contributed by atoms with Crippen molar-refractivity contribution in [3.05, 3.63) is 29.1 Å². The number of hydrogen-bond donors (Lipinski definition) is 0. The van der Waals surface area contributed by atoms with Gasteiger partial charge in [0.05, 0.1) is 0 Å². The highest BCUT2D eigenvalue weighted by atomic mass is 14.7. The Kier molecular flexibility index (Phi) is 1.65. The second-order valence-electron chi connectivity index (χ2n) is 3.16. The van der Waals surface area contributed by atoms with Gasteiger partial charge in [0.25, 0.3) is 0 Å². The summed E-state index contributed by atoms with van der Waals surface area (Å²) >= 11 is 0. The van der Waals surface area contributed by atoms with E-state index in [0.717, 1.165) is 6.42 Å². The SMILES string of the molecule is CCc1cnc2c(c1)CCC2. The molecule has 0 saturated carbocycles. The van der Waals surface area contributed by atoms with Crippen molar-refractivity contribution in [2.24, 2.45) is 0 Å². The largest absolute Gasteiger partial charge is 0.261 e. The van der Waals surface area contributed by atoms with Gasteiger partial charge in [0.15, 0.2) is 0 Å². The third-order valence-electron chi connectivity index (χ3n) is 2.38. The van der Waals surface area contributed by atoms with E-state index in [1.807, 2.05) is 6.20 Å². The number of nitrogens with zero attached hydrogens (tertiary/aromatic N) is 1. The average molecular weight is 147 g/mol. The summed E-state index contributed by atoms with van der Waals surface area (Å²) in [7, 11) is 0. The Hall–Kier alpha value is -0.850. The van der Waals surface area contributed by atoms with E-state index < -0.39 is 0 Å². The average Bonchev–Trinajstić information content (AvgIpc) is 2.50. The maximum Gasteiger partial charge on any atom is 0.0435 e. The van der Waals surface area contributed by atoms with E-state index in [1.54, 1.807) is 0 Å². The molecule has 0 atom stereocenters. The molecular weight excluding hydrogens is 134 g/mol. The number of fused-ring (bicyclic) bond motifs is 1. The number of rotatable bonds is 1. The van der Waals surface area contributed by atoms with E-state index in [4.69, 9.17) is 0 Å². The van der Waals surface area contributed by atoms with Crippen LogP contribution < -0.4 is 0 Å². The van der Waals surface area contributed by atoms with Crippen molar-refractivity contribution in [1.29, 1.82) is 0 Å². The van der Waals surface area contributed by atoms with Gasteiger partial charge in [0, 0.05) is 11.9 Å². The van der Waals surface area contributed by atoms with Crippen LogP contribution in [-0.4, -0.2) is 4.98 Å². The highest BCUT2D eigenvalue weighted by Crippen LogP contribution is 2.20. The van der Waals surface area contributed by atoms with Crippen LogP contribution in [0.1, 0.15) is 30.2 Å². The molecule has 1 aliphatic rings. The third kappa shape index (κ3) is 1.15. The van der Waals surface area contributed by atoms with Gasteiger partial charge in [0.2, 0.25) is 0 Å². The highest BCUT2D eigenvalue weighted by molar-refractivity contribution is 5.28. The maximum absolute atomic E-state index is 4.43. The fraction of sp³-hybridized carbons (Fsp3) is 0.500. The van der Waals surface area contributed by atoms with Crippen molar-refractivity contribution >= 4 is 0 Å². The van der Waals surface area contributed by atoms with E-state index in [9.17, 15) is 0 Å². The van der Waals surface area contributed by atoms with Crippen molar-refractivity contribution in [3.8, 4) is 0 Å². The Bertz CT molecular complexity index is 266. The lowest BCUT2D eigenvalue weighted by Gasteiger charge is -1.99. The summed E-state index contributed by atoms with van der Waals surface area (Å²) in [5.74, 6) is 0. The highest BCUT2D eigenvalue weighted by Gasteiger charge is 2.11. The molecule has 0 aromatic carbocycles. The lowest BCUT2D eigenvalue weighted by Crippen LogP contribution is -1.90. The maximum atomic E-state index is 4.43. The van der Waals surface area contributed by atoms with Gasteiger partial charge in [-0.3, -0.25) is 4.98 Å². The number of aromatic nitrogens is 1. The number of aryl methyl sites for hydroxylation is 3. The molecule has 58 valence electrons. The summed E-state index contributed by atoms with van der Waals surface area (Å²) in [6.45, 7) is 2.18. The molecule has 0 aliphatic heterocycles. The first-order valence-electron chi connectivity index (χ1n) is 4.37. The zero-order chi connectivity index (χ0) is 7.68. The molecule has 1 heteroatoms. The molecule has 2 rings (SSSR count). The van der Waals surface area contributed by atoms with E-state index in [1.165, 1.54) is 36.1 Å². The molecule has 1 aliphatic carbocycles. The second-order valence-corrected chi connectivity index (χ2v) is 3.16. The molecule has 1 heterocycles. The fourth-order valence-corrected chi connectivity index (χ4v) is 1.67. The van der Waals surface area contributed by atoms with Gasteiger partial charge in [0.1, 0.15) is 0 Å².